The lowest BCUT2D eigenvalue weighted by Crippen LogP contribution is -2.06. The van der Waals surface area contributed by atoms with Gasteiger partial charge in [-0.15, -0.1) is 0 Å². The summed E-state index contributed by atoms with van der Waals surface area (Å²) in [6, 6.07) is 4.34. The molecule has 0 aliphatic heterocycles. The summed E-state index contributed by atoms with van der Waals surface area (Å²) in [6.45, 7) is 5.53. The Morgan fingerprint density at radius 1 is 1.33 bits per heavy atom. The van der Waals surface area contributed by atoms with Gasteiger partial charge in [-0.05, 0) is 43.2 Å². The highest BCUT2D eigenvalue weighted by Crippen LogP contribution is 2.21. The van der Waals surface area contributed by atoms with Gasteiger partial charge in [-0.3, -0.25) is 0 Å². The van der Waals surface area contributed by atoms with Gasteiger partial charge in [-0.2, -0.15) is 0 Å². The number of aryl methyl sites for hydroxylation is 2. The molecule has 1 aromatic rings. The third-order valence-electron chi connectivity index (χ3n) is 2.96. The molecular weight excluding hydrogens is 184 g/mol. The minimum Gasteiger partial charge on any atom is -0.370 e. The highest BCUT2D eigenvalue weighted by molar-refractivity contribution is 5.40. The highest BCUT2D eigenvalue weighted by atomic mass is 15.0. The predicted octanol–water partition coefficient (Wildman–Crippen LogP) is 3.03. The van der Waals surface area contributed by atoms with E-state index in [0.717, 1.165) is 24.7 Å². The molecule has 0 atom stereocenters. The van der Waals surface area contributed by atoms with Crippen LogP contribution in [-0.4, -0.2) is 11.5 Å². The molecule has 1 aliphatic rings. The average molecular weight is 204 g/mol. The molecule has 0 aromatic carbocycles. The van der Waals surface area contributed by atoms with Gasteiger partial charge in [0, 0.05) is 12.2 Å². The second kappa shape index (κ2) is 4.65. The van der Waals surface area contributed by atoms with E-state index in [2.05, 4.69) is 36.3 Å². The van der Waals surface area contributed by atoms with Crippen LogP contribution in [0.5, 0.6) is 0 Å². The summed E-state index contributed by atoms with van der Waals surface area (Å²) in [7, 11) is 0. The van der Waals surface area contributed by atoms with Crippen LogP contribution in [0.1, 0.15) is 37.9 Å². The zero-order valence-corrected chi connectivity index (χ0v) is 9.71. The van der Waals surface area contributed by atoms with Crippen molar-refractivity contribution in [3.63, 3.8) is 0 Å². The Labute approximate surface area is 92.1 Å². The zero-order valence-electron chi connectivity index (χ0n) is 9.71. The van der Waals surface area contributed by atoms with Crippen LogP contribution in [0.4, 0.5) is 5.82 Å². The third kappa shape index (κ3) is 2.71. The number of hydrogen-bond acceptors (Lipinski definition) is 2. The SMILES string of the molecule is CC(C)CCNc1ccc2c(n1)CCC2. The van der Waals surface area contributed by atoms with Crippen LogP contribution in [0.3, 0.4) is 0 Å². The maximum Gasteiger partial charge on any atom is 0.126 e. The lowest BCUT2D eigenvalue weighted by atomic mass is 10.1. The molecule has 1 N–H and O–H groups in total. The summed E-state index contributed by atoms with van der Waals surface area (Å²) in [6.07, 6.45) is 4.86. The van der Waals surface area contributed by atoms with Gasteiger partial charge in [-0.1, -0.05) is 19.9 Å². The number of fused-ring (bicyclic) bond motifs is 1. The van der Waals surface area contributed by atoms with Gasteiger partial charge in [0.25, 0.3) is 0 Å². The first-order chi connectivity index (χ1) is 7.25. The summed E-state index contributed by atoms with van der Waals surface area (Å²) in [5.74, 6) is 1.81. The van der Waals surface area contributed by atoms with Gasteiger partial charge in [-0.25, -0.2) is 4.98 Å². The molecule has 0 amide bonds. The Morgan fingerprint density at radius 2 is 2.20 bits per heavy atom. The fourth-order valence-electron chi connectivity index (χ4n) is 2.01. The number of aromatic nitrogens is 1. The summed E-state index contributed by atoms with van der Waals surface area (Å²) >= 11 is 0. The van der Waals surface area contributed by atoms with Crippen molar-refractivity contribution < 1.29 is 0 Å². The lowest BCUT2D eigenvalue weighted by Gasteiger charge is -2.08. The van der Waals surface area contributed by atoms with Crippen molar-refractivity contribution in [2.75, 3.05) is 11.9 Å². The number of anilines is 1. The van der Waals surface area contributed by atoms with Crippen molar-refractivity contribution in [1.82, 2.24) is 4.98 Å². The Balaban J connectivity index is 1.92. The number of nitrogens with one attached hydrogen (secondary N) is 1. The van der Waals surface area contributed by atoms with E-state index in [9.17, 15) is 0 Å². The van der Waals surface area contributed by atoms with Gasteiger partial charge in [0.1, 0.15) is 5.82 Å². The van der Waals surface area contributed by atoms with Crippen molar-refractivity contribution in [2.45, 2.75) is 39.5 Å². The number of hydrogen-bond donors (Lipinski definition) is 1. The summed E-state index contributed by atoms with van der Waals surface area (Å²) < 4.78 is 0. The molecule has 1 aromatic heterocycles. The first-order valence-corrected chi connectivity index (χ1v) is 5.98. The second-order valence-corrected chi connectivity index (χ2v) is 4.77. The molecule has 0 saturated carbocycles. The Morgan fingerprint density at radius 3 is 3.00 bits per heavy atom. The van der Waals surface area contributed by atoms with E-state index in [1.807, 2.05) is 0 Å². The molecule has 2 rings (SSSR count). The van der Waals surface area contributed by atoms with Crippen molar-refractivity contribution in [2.24, 2.45) is 5.92 Å². The molecule has 1 aliphatic carbocycles. The maximum atomic E-state index is 4.64. The van der Waals surface area contributed by atoms with E-state index in [-0.39, 0.29) is 0 Å². The topological polar surface area (TPSA) is 24.9 Å². The van der Waals surface area contributed by atoms with Crippen molar-refractivity contribution in [3.8, 4) is 0 Å². The van der Waals surface area contributed by atoms with Crippen LogP contribution >= 0.6 is 0 Å². The van der Waals surface area contributed by atoms with Crippen LogP contribution in [0.15, 0.2) is 12.1 Å². The van der Waals surface area contributed by atoms with Gasteiger partial charge in [0.05, 0.1) is 0 Å². The fourth-order valence-corrected chi connectivity index (χ4v) is 2.01. The first-order valence-electron chi connectivity index (χ1n) is 5.98. The monoisotopic (exact) mass is 204 g/mol. The van der Waals surface area contributed by atoms with Gasteiger partial charge in [0.2, 0.25) is 0 Å². The minimum absolute atomic E-state index is 0.756. The van der Waals surface area contributed by atoms with E-state index in [4.69, 9.17) is 0 Å². The minimum atomic E-state index is 0.756. The van der Waals surface area contributed by atoms with E-state index in [0.29, 0.717) is 0 Å². The van der Waals surface area contributed by atoms with Crippen LogP contribution in [-0.2, 0) is 12.8 Å². The van der Waals surface area contributed by atoms with Crippen molar-refractivity contribution >= 4 is 5.82 Å². The van der Waals surface area contributed by atoms with Gasteiger partial charge < -0.3 is 5.32 Å². The van der Waals surface area contributed by atoms with E-state index < -0.39 is 0 Å². The quantitative estimate of drug-likeness (QED) is 0.815. The molecule has 0 spiro atoms. The normalized spacial score (nSPS) is 14.3. The van der Waals surface area contributed by atoms with E-state index in [1.165, 1.54) is 30.5 Å². The highest BCUT2D eigenvalue weighted by Gasteiger charge is 2.11. The largest absolute Gasteiger partial charge is 0.370 e. The number of nitrogens with zero attached hydrogens (tertiary/aromatic N) is 1. The van der Waals surface area contributed by atoms with Gasteiger partial charge >= 0.3 is 0 Å². The summed E-state index contributed by atoms with van der Waals surface area (Å²) in [5.41, 5.74) is 2.76. The van der Waals surface area contributed by atoms with Crippen LogP contribution in [0.25, 0.3) is 0 Å². The molecule has 0 saturated heterocycles. The second-order valence-electron chi connectivity index (χ2n) is 4.77. The smallest absolute Gasteiger partial charge is 0.126 e. The van der Waals surface area contributed by atoms with Crippen molar-refractivity contribution in [1.29, 1.82) is 0 Å². The molecule has 1 heterocycles. The molecule has 2 nitrogen and oxygen atoms in total. The summed E-state index contributed by atoms with van der Waals surface area (Å²) in [5, 5.41) is 3.39. The Hall–Kier alpha value is -1.05. The standard InChI is InChI=1S/C13H20N2/c1-10(2)8-9-14-13-7-6-11-4-3-5-12(11)15-13/h6-7,10H,3-5,8-9H2,1-2H3,(H,14,15). The number of pyridine rings is 1. The molecule has 82 valence electrons. The van der Waals surface area contributed by atoms with Crippen LogP contribution in [0, 0.1) is 5.92 Å². The van der Waals surface area contributed by atoms with E-state index >= 15 is 0 Å². The van der Waals surface area contributed by atoms with Crippen LogP contribution in [0.2, 0.25) is 0 Å². The molecule has 2 heteroatoms. The van der Waals surface area contributed by atoms with Crippen molar-refractivity contribution in [3.05, 3.63) is 23.4 Å². The van der Waals surface area contributed by atoms with Gasteiger partial charge in [0.15, 0.2) is 0 Å². The number of rotatable bonds is 4. The lowest BCUT2D eigenvalue weighted by molar-refractivity contribution is 0.606. The molecule has 0 radical (unpaired) electrons. The Kier molecular flexibility index (Phi) is 3.24. The maximum absolute atomic E-state index is 4.64. The third-order valence-corrected chi connectivity index (χ3v) is 2.96. The predicted molar refractivity (Wildman–Crippen MR) is 64.2 cm³/mol. The fraction of sp³-hybridized carbons (Fsp3) is 0.615. The first kappa shape index (κ1) is 10.5. The van der Waals surface area contributed by atoms with Crippen LogP contribution < -0.4 is 5.32 Å². The molecular formula is C13H20N2. The molecule has 0 bridgehead atoms. The molecule has 0 fully saturated rings. The zero-order chi connectivity index (χ0) is 10.7. The Bertz CT molecular complexity index is 331. The molecule has 15 heavy (non-hydrogen) atoms. The summed E-state index contributed by atoms with van der Waals surface area (Å²) in [4.78, 5) is 4.64. The molecule has 0 unspecified atom stereocenters. The van der Waals surface area contributed by atoms with E-state index in [1.54, 1.807) is 0 Å². The average Bonchev–Trinajstić information content (AvgIpc) is 2.64.